The Bertz CT molecular complexity index is 982. The van der Waals surface area contributed by atoms with Crippen molar-refractivity contribution < 1.29 is 4.79 Å². The number of likely N-dealkylation sites (N-methyl/N-ethyl adjacent to an activating group) is 1. The molecule has 1 saturated heterocycles. The van der Waals surface area contributed by atoms with Gasteiger partial charge in [0, 0.05) is 40.3 Å². The fourth-order valence-electron chi connectivity index (χ4n) is 3.68. The molecule has 2 heterocycles. The van der Waals surface area contributed by atoms with Gasteiger partial charge in [0.25, 0.3) is 5.91 Å². The molecule has 2 aromatic carbocycles. The second kappa shape index (κ2) is 9.69. The molecule has 4 nitrogen and oxygen atoms in total. The van der Waals surface area contributed by atoms with Crippen LogP contribution in [-0.4, -0.2) is 37.8 Å². The maximum Gasteiger partial charge on any atom is 0.265 e. The summed E-state index contributed by atoms with van der Waals surface area (Å²) >= 11 is 3.36. The number of thiophene rings is 1. The number of hydrogen-bond donors (Lipinski definition) is 2. The van der Waals surface area contributed by atoms with E-state index < -0.39 is 0 Å². The Morgan fingerprint density at radius 1 is 1.10 bits per heavy atom. The number of thioether (sulfide) groups is 1. The summed E-state index contributed by atoms with van der Waals surface area (Å²) in [5.74, 6) is 1.01. The predicted molar refractivity (Wildman–Crippen MR) is 130 cm³/mol. The quantitative estimate of drug-likeness (QED) is 0.474. The lowest BCUT2D eigenvalue weighted by atomic mass is 10.2. The summed E-state index contributed by atoms with van der Waals surface area (Å²) in [7, 11) is 2.02. The Kier molecular flexibility index (Phi) is 6.77. The minimum absolute atomic E-state index is 0.0615. The molecule has 1 amide bonds. The topological polar surface area (TPSA) is 44.4 Å². The molecule has 30 heavy (non-hydrogen) atoms. The van der Waals surface area contributed by atoms with Crippen molar-refractivity contribution in [1.82, 2.24) is 5.32 Å². The molecule has 0 aliphatic carbocycles. The SMILES string of the molecule is CCSc1ccc(-c2ccc(C(=O)Nc3ccc(N4CCC(NC)C4)cc3)s2)cc1. The molecule has 1 fully saturated rings. The minimum atomic E-state index is -0.0615. The first kappa shape index (κ1) is 21.0. The molecule has 1 aliphatic rings. The molecule has 1 aliphatic heterocycles. The first-order chi connectivity index (χ1) is 14.7. The van der Waals surface area contributed by atoms with E-state index in [2.05, 4.69) is 58.9 Å². The van der Waals surface area contributed by atoms with Gasteiger partial charge < -0.3 is 15.5 Å². The van der Waals surface area contributed by atoms with Crippen molar-refractivity contribution in [3.63, 3.8) is 0 Å². The molecule has 3 aromatic rings. The van der Waals surface area contributed by atoms with Gasteiger partial charge in [-0.05, 0) is 73.3 Å². The van der Waals surface area contributed by atoms with Crippen molar-refractivity contribution in [2.75, 3.05) is 36.1 Å². The van der Waals surface area contributed by atoms with Crippen LogP contribution in [0.2, 0.25) is 0 Å². The zero-order valence-corrected chi connectivity index (χ0v) is 19.0. The molecule has 156 valence electrons. The number of anilines is 2. The Morgan fingerprint density at radius 3 is 2.53 bits per heavy atom. The summed E-state index contributed by atoms with van der Waals surface area (Å²) in [6, 6.07) is 21.2. The van der Waals surface area contributed by atoms with Crippen LogP contribution in [0, 0.1) is 0 Å². The predicted octanol–water partition coefficient (Wildman–Crippen LogP) is 5.58. The highest BCUT2D eigenvalue weighted by atomic mass is 32.2. The summed E-state index contributed by atoms with van der Waals surface area (Å²) in [6.45, 7) is 4.24. The zero-order chi connectivity index (χ0) is 20.9. The molecule has 0 bridgehead atoms. The zero-order valence-electron chi connectivity index (χ0n) is 17.4. The van der Waals surface area contributed by atoms with Crippen molar-refractivity contribution in [3.8, 4) is 10.4 Å². The second-order valence-electron chi connectivity index (χ2n) is 7.34. The maximum atomic E-state index is 12.7. The van der Waals surface area contributed by atoms with Crippen LogP contribution in [-0.2, 0) is 0 Å². The molecule has 1 unspecified atom stereocenters. The largest absolute Gasteiger partial charge is 0.370 e. The number of carbonyl (C=O) groups is 1. The molecular weight excluding hydrogens is 410 g/mol. The van der Waals surface area contributed by atoms with Gasteiger partial charge in [-0.2, -0.15) is 0 Å². The highest BCUT2D eigenvalue weighted by molar-refractivity contribution is 7.99. The van der Waals surface area contributed by atoms with Crippen LogP contribution in [0.3, 0.4) is 0 Å². The first-order valence-corrected chi connectivity index (χ1v) is 12.1. The lowest BCUT2D eigenvalue weighted by molar-refractivity contribution is 0.103. The van der Waals surface area contributed by atoms with Gasteiger partial charge in [0.2, 0.25) is 0 Å². The van der Waals surface area contributed by atoms with Crippen molar-refractivity contribution in [3.05, 3.63) is 65.5 Å². The Morgan fingerprint density at radius 2 is 1.87 bits per heavy atom. The molecule has 4 rings (SSSR count). The summed E-state index contributed by atoms with van der Waals surface area (Å²) in [6.07, 6.45) is 1.16. The van der Waals surface area contributed by atoms with Gasteiger partial charge in [-0.25, -0.2) is 0 Å². The third-order valence-corrected chi connectivity index (χ3v) is 7.39. The van der Waals surface area contributed by atoms with Crippen molar-refractivity contribution in [1.29, 1.82) is 0 Å². The van der Waals surface area contributed by atoms with Crippen LogP contribution in [0.5, 0.6) is 0 Å². The van der Waals surface area contributed by atoms with Gasteiger partial charge in [-0.3, -0.25) is 4.79 Å². The number of carbonyl (C=O) groups excluding carboxylic acids is 1. The number of rotatable bonds is 7. The van der Waals surface area contributed by atoms with Crippen LogP contribution in [0.1, 0.15) is 23.0 Å². The number of nitrogens with zero attached hydrogens (tertiary/aromatic N) is 1. The molecule has 0 radical (unpaired) electrons. The standard InChI is InChI=1S/C24H27N3OS2/c1-3-29-21-10-4-17(5-11-21)22-12-13-23(30-22)24(28)26-18-6-8-20(9-7-18)27-15-14-19(16-27)25-2/h4-13,19,25H,3,14-16H2,1-2H3,(H,26,28). The molecule has 1 atom stereocenters. The van der Waals surface area contributed by atoms with Gasteiger partial charge >= 0.3 is 0 Å². The number of amides is 1. The van der Waals surface area contributed by atoms with E-state index in [0.717, 1.165) is 46.3 Å². The Hall–Kier alpha value is -2.28. The van der Waals surface area contributed by atoms with Crippen molar-refractivity contribution in [2.45, 2.75) is 24.3 Å². The van der Waals surface area contributed by atoms with E-state index >= 15 is 0 Å². The molecule has 6 heteroatoms. The number of benzene rings is 2. The number of nitrogens with one attached hydrogen (secondary N) is 2. The van der Waals surface area contributed by atoms with Gasteiger partial charge in [-0.15, -0.1) is 23.1 Å². The van der Waals surface area contributed by atoms with E-state index in [9.17, 15) is 4.79 Å². The lowest BCUT2D eigenvalue weighted by Crippen LogP contribution is -2.29. The maximum absolute atomic E-state index is 12.7. The molecule has 0 saturated carbocycles. The average Bonchev–Trinajstić information content (AvgIpc) is 3.45. The van der Waals surface area contributed by atoms with Crippen LogP contribution >= 0.6 is 23.1 Å². The number of hydrogen-bond acceptors (Lipinski definition) is 5. The van der Waals surface area contributed by atoms with E-state index in [1.165, 1.54) is 21.9 Å². The van der Waals surface area contributed by atoms with Crippen LogP contribution in [0.4, 0.5) is 11.4 Å². The summed E-state index contributed by atoms with van der Waals surface area (Å²) in [4.78, 5) is 18.2. The minimum Gasteiger partial charge on any atom is -0.370 e. The molecular formula is C24H27N3OS2. The molecule has 1 aromatic heterocycles. The van der Waals surface area contributed by atoms with Crippen molar-refractivity contribution in [2.24, 2.45) is 0 Å². The molecule has 0 spiro atoms. The van der Waals surface area contributed by atoms with E-state index in [4.69, 9.17) is 0 Å². The van der Waals surface area contributed by atoms with E-state index in [0.29, 0.717) is 6.04 Å². The lowest BCUT2D eigenvalue weighted by Gasteiger charge is -2.19. The van der Waals surface area contributed by atoms with Crippen molar-refractivity contribution >= 4 is 40.4 Å². The monoisotopic (exact) mass is 437 g/mol. The highest BCUT2D eigenvalue weighted by Gasteiger charge is 2.21. The second-order valence-corrected chi connectivity index (χ2v) is 9.76. The Labute approximate surface area is 186 Å². The van der Waals surface area contributed by atoms with Gasteiger partial charge in [0.05, 0.1) is 4.88 Å². The van der Waals surface area contributed by atoms with Gasteiger partial charge in [0.15, 0.2) is 0 Å². The highest BCUT2D eigenvalue weighted by Crippen LogP contribution is 2.30. The first-order valence-electron chi connectivity index (χ1n) is 10.3. The fourth-order valence-corrected chi connectivity index (χ4v) is 5.24. The van der Waals surface area contributed by atoms with Crippen LogP contribution in [0.25, 0.3) is 10.4 Å². The van der Waals surface area contributed by atoms with Crippen LogP contribution in [0.15, 0.2) is 65.6 Å². The third kappa shape index (κ3) is 4.89. The average molecular weight is 438 g/mol. The summed E-state index contributed by atoms with van der Waals surface area (Å²) in [5, 5.41) is 6.37. The van der Waals surface area contributed by atoms with Gasteiger partial charge in [0.1, 0.15) is 0 Å². The summed E-state index contributed by atoms with van der Waals surface area (Å²) in [5.41, 5.74) is 3.17. The fraction of sp³-hybridized carbons (Fsp3) is 0.292. The van der Waals surface area contributed by atoms with E-state index in [1.54, 1.807) is 0 Å². The van der Waals surface area contributed by atoms with Crippen LogP contribution < -0.4 is 15.5 Å². The van der Waals surface area contributed by atoms with E-state index in [-0.39, 0.29) is 5.91 Å². The van der Waals surface area contributed by atoms with E-state index in [1.807, 2.05) is 43.1 Å². The van der Waals surface area contributed by atoms with Gasteiger partial charge in [-0.1, -0.05) is 19.1 Å². The Balaban J connectivity index is 1.38. The smallest absolute Gasteiger partial charge is 0.265 e. The summed E-state index contributed by atoms with van der Waals surface area (Å²) < 4.78 is 0. The molecule has 2 N–H and O–H groups in total. The third-order valence-electron chi connectivity index (χ3n) is 5.37. The normalized spacial score (nSPS) is 16.1.